The van der Waals surface area contributed by atoms with Crippen molar-refractivity contribution in [2.45, 2.75) is 25.7 Å². The Bertz CT molecular complexity index is 865. The third-order valence-electron chi connectivity index (χ3n) is 3.63. The molecule has 0 unspecified atom stereocenters. The zero-order chi connectivity index (χ0) is 19.2. The van der Waals surface area contributed by atoms with Gasteiger partial charge < -0.3 is 10.1 Å². The maximum absolute atomic E-state index is 12.4. The predicted molar refractivity (Wildman–Crippen MR) is 99.8 cm³/mol. The molecular formula is C18H23N3O4S. The average Bonchev–Trinajstić information content (AvgIpc) is 2.61. The molecule has 0 aliphatic heterocycles. The standard InChI is InChI=1S/C18H23N3O4S/c1-4-25-18(22)15-7-8-17(20-12-15)19-9-10-21-26(23,24)16-11-13(2)5-6-14(16)3/h5-8,11-12,21H,4,9-10H2,1-3H3,(H,19,20). The Morgan fingerprint density at radius 1 is 1.15 bits per heavy atom. The molecule has 0 atom stereocenters. The molecule has 7 nitrogen and oxygen atoms in total. The smallest absolute Gasteiger partial charge is 0.339 e. The Kier molecular flexibility index (Phi) is 6.70. The summed E-state index contributed by atoms with van der Waals surface area (Å²) in [5.74, 6) is 0.122. The molecule has 0 bridgehead atoms. The highest BCUT2D eigenvalue weighted by Crippen LogP contribution is 2.16. The monoisotopic (exact) mass is 377 g/mol. The Morgan fingerprint density at radius 2 is 1.92 bits per heavy atom. The van der Waals surface area contributed by atoms with E-state index in [-0.39, 0.29) is 11.4 Å². The summed E-state index contributed by atoms with van der Waals surface area (Å²) in [6.45, 7) is 6.22. The first-order chi connectivity index (χ1) is 12.3. The number of ether oxygens (including phenoxy) is 1. The van der Waals surface area contributed by atoms with Gasteiger partial charge in [0.25, 0.3) is 0 Å². The van der Waals surface area contributed by atoms with Crippen molar-refractivity contribution in [1.29, 1.82) is 0 Å². The van der Waals surface area contributed by atoms with E-state index in [1.807, 2.05) is 13.0 Å². The number of esters is 1. The topological polar surface area (TPSA) is 97.4 Å². The number of nitrogens with zero attached hydrogens (tertiary/aromatic N) is 1. The van der Waals surface area contributed by atoms with Crippen LogP contribution >= 0.6 is 0 Å². The van der Waals surface area contributed by atoms with E-state index in [1.165, 1.54) is 6.20 Å². The molecule has 140 valence electrons. The van der Waals surface area contributed by atoms with Gasteiger partial charge in [0.15, 0.2) is 0 Å². The summed E-state index contributed by atoms with van der Waals surface area (Å²) in [7, 11) is -3.56. The number of sulfonamides is 1. The van der Waals surface area contributed by atoms with Crippen LogP contribution in [0.2, 0.25) is 0 Å². The third-order valence-corrected chi connectivity index (χ3v) is 5.23. The number of carbonyl (C=O) groups is 1. The van der Waals surface area contributed by atoms with Gasteiger partial charge in [0.1, 0.15) is 5.82 Å². The van der Waals surface area contributed by atoms with Crippen LogP contribution in [-0.4, -0.2) is 39.1 Å². The Hall–Kier alpha value is -2.45. The van der Waals surface area contributed by atoms with Gasteiger partial charge in [-0.25, -0.2) is 22.9 Å². The van der Waals surface area contributed by atoms with Crippen molar-refractivity contribution >= 4 is 21.8 Å². The predicted octanol–water partition coefficient (Wildman–Crippen LogP) is 2.27. The van der Waals surface area contributed by atoms with E-state index >= 15 is 0 Å². The maximum atomic E-state index is 12.4. The molecule has 0 fully saturated rings. The van der Waals surface area contributed by atoms with Crippen molar-refractivity contribution < 1.29 is 17.9 Å². The normalized spacial score (nSPS) is 11.2. The number of aryl methyl sites for hydroxylation is 2. The second-order valence-corrected chi connectivity index (χ2v) is 7.48. The minimum atomic E-state index is -3.56. The number of hydrogen-bond acceptors (Lipinski definition) is 6. The summed E-state index contributed by atoms with van der Waals surface area (Å²) in [5, 5.41) is 3.00. The van der Waals surface area contributed by atoms with Crippen molar-refractivity contribution in [1.82, 2.24) is 9.71 Å². The fraction of sp³-hybridized carbons (Fsp3) is 0.333. The molecule has 2 N–H and O–H groups in total. The van der Waals surface area contributed by atoms with Crippen molar-refractivity contribution in [3.05, 3.63) is 53.2 Å². The van der Waals surface area contributed by atoms with Crippen molar-refractivity contribution in [2.75, 3.05) is 25.0 Å². The van der Waals surface area contributed by atoms with E-state index in [0.29, 0.717) is 30.1 Å². The van der Waals surface area contributed by atoms with Gasteiger partial charge in [-0.1, -0.05) is 12.1 Å². The quantitative estimate of drug-likeness (QED) is 0.541. The largest absolute Gasteiger partial charge is 0.462 e. The number of aromatic nitrogens is 1. The molecular weight excluding hydrogens is 354 g/mol. The molecule has 8 heteroatoms. The van der Waals surface area contributed by atoms with Gasteiger partial charge in [0.2, 0.25) is 10.0 Å². The van der Waals surface area contributed by atoms with Gasteiger partial charge in [0.05, 0.1) is 17.1 Å². The number of anilines is 1. The Morgan fingerprint density at radius 3 is 2.58 bits per heavy atom. The summed E-state index contributed by atoms with van der Waals surface area (Å²) in [5.41, 5.74) is 1.96. The van der Waals surface area contributed by atoms with Crippen LogP contribution in [0.1, 0.15) is 28.4 Å². The van der Waals surface area contributed by atoms with Crippen molar-refractivity contribution in [2.24, 2.45) is 0 Å². The molecule has 1 heterocycles. The first-order valence-corrected chi connectivity index (χ1v) is 9.76. The maximum Gasteiger partial charge on any atom is 0.339 e. The van der Waals surface area contributed by atoms with Gasteiger partial charge in [-0.15, -0.1) is 0 Å². The van der Waals surface area contributed by atoms with E-state index in [1.54, 1.807) is 38.1 Å². The number of benzene rings is 1. The van der Waals surface area contributed by atoms with Crippen LogP contribution in [0.5, 0.6) is 0 Å². The summed E-state index contributed by atoms with van der Waals surface area (Å²) in [4.78, 5) is 16.0. The number of hydrogen-bond donors (Lipinski definition) is 2. The van der Waals surface area contributed by atoms with Crippen LogP contribution < -0.4 is 10.0 Å². The van der Waals surface area contributed by atoms with E-state index in [0.717, 1.165) is 5.56 Å². The molecule has 0 spiro atoms. The van der Waals surface area contributed by atoms with Crippen LogP contribution in [0, 0.1) is 13.8 Å². The van der Waals surface area contributed by atoms with Crippen LogP contribution in [0.25, 0.3) is 0 Å². The zero-order valence-electron chi connectivity index (χ0n) is 15.1. The van der Waals surface area contributed by atoms with E-state index < -0.39 is 16.0 Å². The molecule has 0 amide bonds. The average molecular weight is 377 g/mol. The summed E-state index contributed by atoms with van der Waals surface area (Å²) in [6.07, 6.45) is 1.42. The van der Waals surface area contributed by atoms with Crippen LogP contribution in [0.4, 0.5) is 5.82 Å². The van der Waals surface area contributed by atoms with Crippen LogP contribution in [-0.2, 0) is 14.8 Å². The highest BCUT2D eigenvalue weighted by Gasteiger charge is 2.16. The molecule has 0 saturated carbocycles. The minimum Gasteiger partial charge on any atom is -0.462 e. The molecule has 0 aliphatic carbocycles. The van der Waals surface area contributed by atoms with E-state index in [9.17, 15) is 13.2 Å². The minimum absolute atomic E-state index is 0.205. The molecule has 2 rings (SSSR count). The first-order valence-electron chi connectivity index (χ1n) is 8.27. The molecule has 1 aromatic heterocycles. The fourth-order valence-electron chi connectivity index (χ4n) is 2.28. The second kappa shape index (κ2) is 8.77. The summed E-state index contributed by atoms with van der Waals surface area (Å²) >= 11 is 0. The highest BCUT2D eigenvalue weighted by molar-refractivity contribution is 7.89. The summed E-state index contributed by atoms with van der Waals surface area (Å²) < 4.78 is 32.2. The van der Waals surface area contributed by atoms with Crippen molar-refractivity contribution in [3.8, 4) is 0 Å². The molecule has 1 aromatic carbocycles. The summed E-state index contributed by atoms with van der Waals surface area (Å²) in [6, 6.07) is 8.57. The van der Waals surface area contributed by atoms with Gasteiger partial charge in [-0.2, -0.15) is 0 Å². The lowest BCUT2D eigenvalue weighted by Crippen LogP contribution is -2.29. The zero-order valence-corrected chi connectivity index (χ0v) is 15.9. The van der Waals surface area contributed by atoms with E-state index in [4.69, 9.17) is 4.74 Å². The van der Waals surface area contributed by atoms with E-state index in [2.05, 4.69) is 15.0 Å². The number of carbonyl (C=O) groups excluding carboxylic acids is 1. The van der Waals surface area contributed by atoms with Gasteiger partial charge >= 0.3 is 5.97 Å². The molecule has 0 saturated heterocycles. The fourth-order valence-corrected chi connectivity index (χ4v) is 3.64. The van der Waals surface area contributed by atoms with Crippen LogP contribution in [0.15, 0.2) is 41.4 Å². The van der Waals surface area contributed by atoms with Gasteiger partial charge in [-0.3, -0.25) is 0 Å². The van der Waals surface area contributed by atoms with Crippen LogP contribution in [0.3, 0.4) is 0 Å². The van der Waals surface area contributed by atoms with Gasteiger partial charge in [0, 0.05) is 19.3 Å². The van der Waals surface area contributed by atoms with Gasteiger partial charge in [-0.05, 0) is 50.1 Å². The number of nitrogens with one attached hydrogen (secondary N) is 2. The molecule has 0 aliphatic rings. The number of rotatable bonds is 8. The Balaban J connectivity index is 1.88. The lowest BCUT2D eigenvalue weighted by molar-refractivity contribution is 0.0526. The van der Waals surface area contributed by atoms with Crippen molar-refractivity contribution in [3.63, 3.8) is 0 Å². The lowest BCUT2D eigenvalue weighted by atomic mass is 10.2. The molecule has 2 aromatic rings. The lowest BCUT2D eigenvalue weighted by Gasteiger charge is -2.11. The Labute approximate surface area is 153 Å². The SMILES string of the molecule is CCOC(=O)c1ccc(NCCNS(=O)(=O)c2cc(C)ccc2C)nc1. The highest BCUT2D eigenvalue weighted by atomic mass is 32.2. The molecule has 0 radical (unpaired) electrons. The second-order valence-electron chi connectivity index (χ2n) is 5.75. The number of pyridine rings is 1. The first kappa shape index (κ1) is 19.9. The third kappa shape index (κ3) is 5.27. The molecule has 26 heavy (non-hydrogen) atoms.